The summed E-state index contributed by atoms with van der Waals surface area (Å²) in [4.78, 5) is 30.3. The van der Waals surface area contributed by atoms with Crippen LogP contribution in [0.5, 0.6) is 17.2 Å². The molecule has 0 unspecified atom stereocenters. The number of aromatic nitrogens is 2. The number of ether oxygens (including phenoxy) is 3. The second-order valence-electron chi connectivity index (χ2n) is 12.2. The van der Waals surface area contributed by atoms with Crippen LogP contribution in [0.2, 0.25) is 0 Å². The number of nitrogens with zero attached hydrogens (tertiary/aromatic N) is 4. The molecule has 0 radical (unpaired) electrons. The average Bonchev–Trinajstić information content (AvgIpc) is 3.52. The van der Waals surface area contributed by atoms with Gasteiger partial charge in [0.25, 0.3) is 5.91 Å². The van der Waals surface area contributed by atoms with Crippen molar-refractivity contribution >= 4 is 11.8 Å². The molecule has 0 aliphatic carbocycles. The summed E-state index contributed by atoms with van der Waals surface area (Å²) in [7, 11) is 1.61. The van der Waals surface area contributed by atoms with E-state index in [1.165, 1.54) is 4.90 Å². The smallest absolute Gasteiger partial charge is 0.254 e. The molecule has 2 aliphatic rings. The summed E-state index contributed by atoms with van der Waals surface area (Å²) in [6.07, 6.45) is 0.330. The molecular formula is C35H39N5O6. The SMILES string of the molecule is CC(C)COc1cc2cc(c1)C(=O)N(C)CC(=O)N[C@H]1CCN(Cc3nnc(-c4ccccc4)o3)C[C@@H]1OCc1cccc(c1)O2. The summed E-state index contributed by atoms with van der Waals surface area (Å²) < 4.78 is 24.6. The van der Waals surface area contributed by atoms with Gasteiger partial charge in [0.2, 0.25) is 17.7 Å². The van der Waals surface area contributed by atoms with Crippen molar-refractivity contribution in [3.05, 3.63) is 89.8 Å². The van der Waals surface area contributed by atoms with E-state index in [1.54, 1.807) is 25.2 Å². The van der Waals surface area contributed by atoms with Gasteiger partial charge in [0.15, 0.2) is 0 Å². The highest BCUT2D eigenvalue weighted by molar-refractivity contribution is 5.97. The van der Waals surface area contributed by atoms with Gasteiger partial charge in [0.05, 0.1) is 38.4 Å². The molecule has 1 N–H and O–H groups in total. The second-order valence-corrected chi connectivity index (χ2v) is 12.2. The molecule has 0 spiro atoms. The van der Waals surface area contributed by atoms with E-state index >= 15 is 0 Å². The molecule has 0 saturated carbocycles. The third kappa shape index (κ3) is 7.91. The standard InChI is InChI=1S/C35H39N5O6/c1-23(2)21-43-28-15-26-16-29(17-28)45-27-11-7-8-24(14-27)22-44-31-18-40(13-12-30(31)36-32(41)19-39(3)35(26)42)20-33-37-38-34(46-33)25-9-5-4-6-10-25/h4-11,14-17,23,30-31H,12-13,18-22H2,1-3H3,(H,36,41)/t30-,31-/m0/s1. The predicted octanol–water partition coefficient (Wildman–Crippen LogP) is 4.93. The zero-order valence-electron chi connectivity index (χ0n) is 26.3. The highest BCUT2D eigenvalue weighted by Gasteiger charge is 2.32. The van der Waals surface area contributed by atoms with Gasteiger partial charge in [-0.3, -0.25) is 14.5 Å². The summed E-state index contributed by atoms with van der Waals surface area (Å²) in [5, 5.41) is 11.6. The number of carbonyl (C=O) groups excluding carboxylic acids is 2. The molecule has 1 fully saturated rings. The normalized spacial score (nSPS) is 19.3. The number of nitrogens with one attached hydrogen (secondary N) is 1. The molecule has 2 aliphatic heterocycles. The predicted molar refractivity (Wildman–Crippen MR) is 170 cm³/mol. The van der Waals surface area contributed by atoms with E-state index in [2.05, 4.69) is 34.3 Å². The minimum Gasteiger partial charge on any atom is -0.493 e. The number of carbonyl (C=O) groups is 2. The van der Waals surface area contributed by atoms with E-state index in [0.29, 0.717) is 79.8 Å². The van der Waals surface area contributed by atoms with Crippen molar-refractivity contribution in [2.24, 2.45) is 5.92 Å². The van der Waals surface area contributed by atoms with Crippen LogP contribution >= 0.6 is 0 Å². The monoisotopic (exact) mass is 625 g/mol. The minimum atomic E-state index is -0.318. The lowest BCUT2D eigenvalue weighted by Crippen LogP contribution is -2.56. The molecule has 4 bridgehead atoms. The van der Waals surface area contributed by atoms with E-state index in [1.807, 2.05) is 54.6 Å². The van der Waals surface area contributed by atoms with Crippen molar-refractivity contribution in [2.75, 3.05) is 33.3 Å². The zero-order valence-corrected chi connectivity index (χ0v) is 26.3. The van der Waals surface area contributed by atoms with Crippen molar-refractivity contribution in [1.29, 1.82) is 0 Å². The average molecular weight is 626 g/mol. The number of fused-ring (bicyclic) bond motifs is 5. The molecule has 1 saturated heterocycles. The number of benzene rings is 3. The summed E-state index contributed by atoms with van der Waals surface area (Å²) in [5.74, 6) is 2.33. The van der Waals surface area contributed by atoms with E-state index in [-0.39, 0.29) is 30.5 Å². The van der Waals surface area contributed by atoms with Crippen molar-refractivity contribution in [3.8, 4) is 28.7 Å². The van der Waals surface area contributed by atoms with Gasteiger partial charge in [-0.05, 0) is 54.3 Å². The van der Waals surface area contributed by atoms with Crippen LogP contribution in [0.1, 0.15) is 42.1 Å². The van der Waals surface area contributed by atoms with Crippen LogP contribution in [-0.4, -0.2) is 77.2 Å². The lowest BCUT2D eigenvalue weighted by atomic mass is 10.0. The molecule has 46 heavy (non-hydrogen) atoms. The minimum absolute atomic E-state index is 0.109. The number of likely N-dealkylation sites (N-methyl/N-ethyl adjacent to an activating group) is 1. The second kappa shape index (κ2) is 14.1. The Hall–Kier alpha value is -4.74. The number of rotatable bonds is 6. The Morgan fingerprint density at radius 2 is 1.83 bits per heavy atom. The first-order valence-electron chi connectivity index (χ1n) is 15.6. The van der Waals surface area contributed by atoms with Crippen molar-refractivity contribution < 1.29 is 28.2 Å². The van der Waals surface area contributed by atoms with Crippen LogP contribution in [0.25, 0.3) is 11.5 Å². The van der Waals surface area contributed by atoms with E-state index in [4.69, 9.17) is 18.6 Å². The van der Waals surface area contributed by atoms with Gasteiger partial charge in [0.1, 0.15) is 17.2 Å². The van der Waals surface area contributed by atoms with Crippen molar-refractivity contribution in [1.82, 2.24) is 25.3 Å². The summed E-state index contributed by atoms with van der Waals surface area (Å²) in [5.41, 5.74) is 2.16. The van der Waals surface area contributed by atoms with Crippen LogP contribution in [0.15, 0.2) is 77.2 Å². The Bertz CT molecular complexity index is 1660. The molecule has 4 aromatic rings. The number of piperidine rings is 1. The van der Waals surface area contributed by atoms with Crippen LogP contribution in [0.4, 0.5) is 0 Å². The fourth-order valence-corrected chi connectivity index (χ4v) is 5.56. The first kappa shape index (κ1) is 31.3. The Kier molecular flexibility index (Phi) is 9.60. The Labute approximate surface area is 268 Å². The van der Waals surface area contributed by atoms with E-state index in [0.717, 1.165) is 11.1 Å². The Morgan fingerprint density at radius 1 is 0.978 bits per heavy atom. The quantitative estimate of drug-likeness (QED) is 0.318. The van der Waals surface area contributed by atoms with Crippen LogP contribution in [-0.2, 0) is 22.7 Å². The first-order valence-corrected chi connectivity index (χ1v) is 15.6. The molecule has 3 heterocycles. The molecular weight excluding hydrogens is 586 g/mol. The maximum absolute atomic E-state index is 13.5. The molecule has 3 aromatic carbocycles. The fourth-order valence-electron chi connectivity index (χ4n) is 5.56. The number of hydrogen-bond donors (Lipinski definition) is 1. The molecule has 11 heteroatoms. The van der Waals surface area contributed by atoms with Crippen molar-refractivity contribution in [3.63, 3.8) is 0 Å². The molecule has 2 amide bonds. The van der Waals surface area contributed by atoms with Crippen molar-refractivity contribution in [2.45, 2.75) is 45.6 Å². The van der Waals surface area contributed by atoms with Gasteiger partial charge >= 0.3 is 0 Å². The van der Waals surface area contributed by atoms with Gasteiger partial charge in [-0.15, -0.1) is 10.2 Å². The maximum atomic E-state index is 13.5. The molecule has 240 valence electrons. The first-order chi connectivity index (χ1) is 22.3. The van der Waals surface area contributed by atoms with Gasteiger partial charge in [-0.25, -0.2) is 0 Å². The lowest BCUT2D eigenvalue weighted by molar-refractivity contribution is -0.125. The highest BCUT2D eigenvalue weighted by Crippen LogP contribution is 2.30. The van der Waals surface area contributed by atoms with E-state index in [9.17, 15) is 9.59 Å². The van der Waals surface area contributed by atoms with E-state index < -0.39 is 0 Å². The van der Waals surface area contributed by atoms with Gasteiger partial charge in [0, 0.05) is 37.3 Å². The maximum Gasteiger partial charge on any atom is 0.254 e. The third-order valence-corrected chi connectivity index (χ3v) is 7.87. The van der Waals surface area contributed by atoms with Crippen LogP contribution in [0.3, 0.4) is 0 Å². The molecule has 2 atom stereocenters. The lowest BCUT2D eigenvalue weighted by Gasteiger charge is -2.38. The molecule has 6 rings (SSSR count). The molecule has 1 aromatic heterocycles. The van der Waals surface area contributed by atoms with Crippen LogP contribution < -0.4 is 14.8 Å². The summed E-state index contributed by atoms with van der Waals surface area (Å²) in [6, 6.07) is 22.2. The highest BCUT2D eigenvalue weighted by atomic mass is 16.5. The third-order valence-electron chi connectivity index (χ3n) is 7.87. The largest absolute Gasteiger partial charge is 0.493 e. The Balaban J connectivity index is 1.21. The van der Waals surface area contributed by atoms with Crippen LogP contribution in [0, 0.1) is 5.92 Å². The number of likely N-dealkylation sites (tertiary alicyclic amines) is 1. The number of amides is 2. The summed E-state index contributed by atoms with van der Waals surface area (Å²) in [6.45, 7) is 6.51. The molecule has 11 nitrogen and oxygen atoms in total. The fraction of sp³-hybridized carbons (Fsp3) is 0.371. The zero-order chi connectivity index (χ0) is 32.0. The van der Waals surface area contributed by atoms with Gasteiger partial charge in [-0.2, -0.15) is 0 Å². The summed E-state index contributed by atoms with van der Waals surface area (Å²) >= 11 is 0. The van der Waals surface area contributed by atoms with Gasteiger partial charge in [-0.1, -0.05) is 44.2 Å². The number of hydrogen-bond acceptors (Lipinski definition) is 9. The van der Waals surface area contributed by atoms with Gasteiger partial charge < -0.3 is 28.8 Å². The Morgan fingerprint density at radius 3 is 2.65 bits per heavy atom. The topological polar surface area (TPSA) is 119 Å².